The van der Waals surface area contributed by atoms with Crippen LogP contribution in [0.25, 0.3) is 0 Å². The molecule has 0 bridgehead atoms. The number of epoxide rings is 1. The van der Waals surface area contributed by atoms with Gasteiger partial charge in [0, 0.05) is 32.3 Å². The Kier molecular flexibility index (Phi) is 2.10. The molecule has 3 rings (SSSR count). The summed E-state index contributed by atoms with van der Waals surface area (Å²) in [4.78, 5) is 23.4. The molecule has 2 atom stereocenters. The van der Waals surface area contributed by atoms with Crippen LogP contribution >= 0.6 is 0 Å². The molecule has 2 heterocycles. The van der Waals surface area contributed by atoms with Crippen LogP contribution in [0.5, 0.6) is 0 Å². The summed E-state index contributed by atoms with van der Waals surface area (Å²) in [6.07, 6.45) is 4.37. The average Bonchev–Trinajstić information content (AvgIpc) is 2.84. The maximum Gasteiger partial charge on any atom is 0.330 e. The van der Waals surface area contributed by atoms with E-state index in [-0.39, 0.29) is 16.9 Å². The van der Waals surface area contributed by atoms with E-state index >= 15 is 0 Å². The minimum atomic E-state index is -0.265. The van der Waals surface area contributed by atoms with Crippen LogP contribution in [0.1, 0.15) is 25.0 Å². The summed E-state index contributed by atoms with van der Waals surface area (Å²) in [5.74, 6) is 0. The van der Waals surface area contributed by atoms with Gasteiger partial charge in [0.25, 0.3) is 5.56 Å². The first-order valence-corrected chi connectivity index (χ1v) is 5.97. The van der Waals surface area contributed by atoms with Gasteiger partial charge in [-0.1, -0.05) is 0 Å². The van der Waals surface area contributed by atoms with Crippen molar-refractivity contribution in [3.05, 3.63) is 32.6 Å². The summed E-state index contributed by atoms with van der Waals surface area (Å²) >= 11 is 0. The highest BCUT2D eigenvalue weighted by molar-refractivity contribution is 5.16. The Bertz CT molecular complexity index is 586. The highest BCUT2D eigenvalue weighted by Gasteiger charge is 2.59. The molecule has 5 nitrogen and oxygen atoms in total. The normalized spacial score (nSPS) is 30.4. The van der Waals surface area contributed by atoms with Gasteiger partial charge in [-0.05, 0) is 19.3 Å². The molecule has 0 radical (unpaired) electrons. The number of nitrogens with zero attached hydrogens (tertiary/aromatic N) is 2. The molecular formula is C12H16N2O3. The molecule has 1 aliphatic heterocycles. The molecule has 1 saturated heterocycles. The Morgan fingerprint density at radius 1 is 1.41 bits per heavy atom. The van der Waals surface area contributed by atoms with Crippen LogP contribution in [-0.4, -0.2) is 20.8 Å². The van der Waals surface area contributed by atoms with Crippen molar-refractivity contribution in [3.8, 4) is 0 Å². The lowest BCUT2D eigenvalue weighted by Gasteiger charge is -2.12. The van der Waals surface area contributed by atoms with Crippen molar-refractivity contribution in [1.82, 2.24) is 9.13 Å². The second kappa shape index (κ2) is 3.32. The van der Waals surface area contributed by atoms with Crippen LogP contribution < -0.4 is 11.2 Å². The second-order valence-electron chi connectivity index (χ2n) is 5.11. The fraction of sp³-hybridized carbons (Fsp3) is 0.667. The number of fused-ring (bicyclic) bond motifs is 1. The third-order valence-electron chi connectivity index (χ3n) is 4.08. The molecule has 1 saturated carbocycles. The lowest BCUT2D eigenvalue weighted by Crippen LogP contribution is -2.39. The first-order chi connectivity index (χ1) is 8.03. The van der Waals surface area contributed by atoms with Crippen molar-refractivity contribution in [2.75, 3.05) is 0 Å². The van der Waals surface area contributed by atoms with Gasteiger partial charge in [0.05, 0.1) is 6.10 Å². The van der Waals surface area contributed by atoms with Crippen LogP contribution in [0.4, 0.5) is 0 Å². The second-order valence-corrected chi connectivity index (χ2v) is 5.11. The summed E-state index contributed by atoms with van der Waals surface area (Å²) in [5.41, 5.74) is 0.201. The molecule has 1 aliphatic carbocycles. The van der Waals surface area contributed by atoms with E-state index in [4.69, 9.17) is 4.74 Å². The van der Waals surface area contributed by atoms with E-state index in [0.717, 1.165) is 23.1 Å². The lowest BCUT2D eigenvalue weighted by molar-refractivity contribution is 0.247. The maximum absolute atomic E-state index is 11.8. The monoisotopic (exact) mass is 236 g/mol. The number of hydrogen-bond acceptors (Lipinski definition) is 3. The van der Waals surface area contributed by atoms with Gasteiger partial charge in [-0.2, -0.15) is 0 Å². The quantitative estimate of drug-likeness (QED) is 0.676. The summed E-state index contributed by atoms with van der Waals surface area (Å²) in [6, 6.07) is 1.55. The molecule has 1 aromatic rings. The summed E-state index contributed by atoms with van der Waals surface area (Å²) in [6.45, 7) is 0. The van der Waals surface area contributed by atoms with Crippen molar-refractivity contribution in [3.63, 3.8) is 0 Å². The Hall–Kier alpha value is -1.36. The highest BCUT2D eigenvalue weighted by atomic mass is 16.6. The lowest BCUT2D eigenvalue weighted by atomic mass is 10.0. The average molecular weight is 236 g/mol. The molecule has 0 aromatic carbocycles. The highest BCUT2D eigenvalue weighted by Crippen LogP contribution is 2.51. The zero-order valence-electron chi connectivity index (χ0n) is 10.1. The van der Waals surface area contributed by atoms with Gasteiger partial charge in [-0.3, -0.25) is 9.36 Å². The number of ether oxygens (including phenoxy) is 1. The summed E-state index contributed by atoms with van der Waals surface area (Å²) < 4.78 is 8.36. The SMILES string of the molecule is Cn1c(C[C@@]23CCC[C@@H]2O3)cc(=O)n(C)c1=O. The van der Waals surface area contributed by atoms with E-state index in [9.17, 15) is 9.59 Å². The topological polar surface area (TPSA) is 56.5 Å². The fourth-order valence-electron chi connectivity index (χ4n) is 2.88. The number of rotatable bonds is 2. The van der Waals surface area contributed by atoms with Crippen molar-refractivity contribution in [2.24, 2.45) is 14.1 Å². The fourth-order valence-corrected chi connectivity index (χ4v) is 2.88. The Labute approximate surface area is 98.6 Å². The maximum atomic E-state index is 11.8. The molecule has 2 fully saturated rings. The number of hydrogen-bond donors (Lipinski definition) is 0. The van der Waals surface area contributed by atoms with Gasteiger partial charge >= 0.3 is 5.69 Å². The first kappa shape index (κ1) is 10.8. The molecule has 17 heavy (non-hydrogen) atoms. The molecule has 5 heteroatoms. The Balaban J connectivity index is 1.99. The van der Waals surface area contributed by atoms with E-state index in [1.165, 1.54) is 13.5 Å². The van der Waals surface area contributed by atoms with Gasteiger partial charge in [0.2, 0.25) is 0 Å². The predicted molar refractivity (Wildman–Crippen MR) is 62.1 cm³/mol. The van der Waals surface area contributed by atoms with E-state index in [1.54, 1.807) is 17.7 Å². The third-order valence-corrected chi connectivity index (χ3v) is 4.08. The molecular weight excluding hydrogens is 220 g/mol. The van der Waals surface area contributed by atoms with Crippen molar-refractivity contribution >= 4 is 0 Å². The zero-order chi connectivity index (χ0) is 12.2. The Morgan fingerprint density at radius 3 is 2.76 bits per heavy atom. The molecule has 2 aliphatic rings. The molecule has 92 valence electrons. The summed E-state index contributed by atoms with van der Waals surface area (Å²) in [7, 11) is 3.21. The van der Waals surface area contributed by atoms with Crippen LogP contribution in [-0.2, 0) is 25.3 Å². The van der Waals surface area contributed by atoms with Crippen LogP contribution in [0, 0.1) is 0 Å². The molecule has 0 spiro atoms. The third kappa shape index (κ3) is 1.49. The van der Waals surface area contributed by atoms with Crippen molar-refractivity contribution < 1.29 is 4.74 Å². The number of aromatic nitrogens is 2. The van der Waals surface area contributed by atoms with Crippen molar-refractivity contribution in [2.45, 2.75) is 37.4 Å². The first-order valence-electron chi connectivity index (χ1n) is 5.97. The smallest absolute Gasteiger partial charge is 0.330 e. The van der Waals surface area contributed by atoms with Crippen LogP contribution in [0.3, 0.4) is 0 Å². The van der Waals surface area contributed by atoms with Gasteiger partial charge in [0.15, 0.2) is 0 Å². The van der Waals surface area contributed by atoms with E-state index in [0.29, 0.717) is 12.5 Å². The van der Waals surface area contributed by atoms with Gasteiger partial charge in [-0.15, -0.1) is 0 Å². The molecule has 1 aromatic heterocycles. The van der Waals surface area contributed by atoms with Crippen LogP contribution in [0.2, 0.25) is 0 Å². The standard InChI is InChI=1S/C12H16N2O3/c1-13-8(6-10(15)14(2)11(13)16)7-12-5-3-4-9(12)17-12/h6,9H,3-5,7H2,1-2H3/t9-,12-/m0/s1. The van der Waals surface area contributed by atoms with E-state index in [1.807, 2.05) is 0 Å². The minimum absolute atomic E-state index is 0.0729. The Morgan fingerprint density at radius 2 is 2.18 bits per heavy atom. The van der Waals surface area contributed by atoms with Crippen molar-refractivity contribution in [1.29, 1.82) is 0 Å². The van der Waals surface area contributed by atoms with Gasteiger partial charge < -0.3 is 9.30 Å². The minimum Gasteiger partial charge on any atom is -0.366 e. The predicted octanol–water partition coefficient (Wildman–Crippen LogP) is -0.0520. The van der Waals surface area contributed by atoms with Gasteiger partial charge in [0.1, 0.15) is 5.60 Å². The largest absolute Gasteiger partial charge is 0.366 e. The zero-order valence-corrected chi connectivity index (χ0v) is 10.1. The van der Waals surface area contributed by atoms with E-state index < -0.39 is 0 Å². The van der Waals surface area contributed by atoms with Gasteiger partial charge in [-0.25, -0.2) is 4.79 Å². The molecule has 0 unspecified atom stereocenters. The van der Waals surface area contributed by atoms with E-state index in [2.05, 4.69) is 0 Å². The molecule has 0 N–H and O–H groups in total. The van der Waals surface area contributed by atoms with Crippen LogP contribution in [0.15, 0.2) is 15.7 Å². The summed E-state index contributed by atoms with van der Waals surface area (Å²) in [5, 5.41) is 0. The molecule has 0 amide bonds.